The van der Waals surface area contributed by atoms with Crippen LogP contribution in [0.2, 0.25) is 0 Å². The van der Waals surface area contributed by atoms with Crippen molar-refractivity contribution in [2.24, 2.45) is 0 Å². The molecule has 0 aromatic heterocycles. The fourth-order valence-corrected chi connectivity index (χ4v) is 2.25. The van der Waals surface area contributed by atoms with E-state index in [2.05, 4.69) is 31.9 Å². The van der Waals surface area contributed by atoms with Gasteiger partial charge < -0.3 is 5.11 Å². The Hall–Kier alpha value is 0.240. The summed E-state index contributed by atoms with van der Waals surface area (Å²) in [7, 11) is 0. The molecule has 1 aliphatic carbocycles. The minimum Gasteiger partial charge on any atom is -0.512 e. The number of allylic oxidation sites excluding steroid dienone is 4. The lowest BCUT2D eigenvalue weighted by atomic mass is 10.2. The Bertz CT molecular complexity index is 172. The van der Waals surface area contributed by atoms with Gasteiger partial charge >= 0.3 is 0 Å². The highest BCUT2D eigenvalue weighted by atomic mass is 79.9. The second-order valence-electron chi connectivity index (χ2n) is 1.91. The minimum atomic E-state index is 0.275. The molecule has 0 saturated heterocycles. The number of halogens is 2. The molecule has 0 aliphatic heterocycles. The van der Waals surface area contributed by atoms with Gasteiger partial charge in [0.1, 0.15) is 0 Å². The highest BCUT2D eigenvalue weighted by molar-refractivity contribution is 9.12. The van der Waals surface area contributed by atoms with Crippen molar-refractivity contribution in [3.8, 4) is 0 Å². The molecule has 50 valence electrons. The molecule has 1 rings (SSSR count). The summed E-state index contributed by atoms with van der Waals surface area (Å²) in [4.78, 5) is 0.275. The maximum absolute atomic E-state index is 9.01. The molecule has 0 fully saturated rings. The van der Waals surface area contributed by atoms with Gasteiger partial charge in [-0.2, -0.15) is 0 Å². The second-order valence-corrected chi connectivity index (χ2v) is 4.00. The molecule has 0 heterocycles. The van der Waals surface area contributed by atoms with Gasteiger partial charge in [0.2, 0.25) is 0 Å². The van der Waals surface area contributed by atoms with Crippen LogP contribution in [0.3, 0.4) is 0 Å². The SMILES string of the molecule is OC1=CC(Br)=CC(Br)C1. The molecule has 0 saturated carbocycles. The third-order valence-electron chi connectivity index (χ3n) is 1.05. The molecule has 1 unspecified atom stereocenters. The summed E-state index contributed by atoms with van der Waals surface area (Å²) < 4.78 is 0.938. The molecular weight excluding hydrogens is 248 g/mol. The van der Waals surface area contributed by atoms with E-state index < -0.39 is 0 Å². The Balaban J connectivity index is 2.74. The molecule has 1 N–H and O–H groups in total. The first-order valence-corrected chi connectivity index (χ1v) is 4.30. The van der Waals surface area contributed by atoms with Gasteiger partial charge in [0.15, 0.2) is 0 Å². The standard InChI is InChI=1S/C6H6Br2O/c7-4-1-5(8)3-6(9)2-4/h1-2,5,9H,3H2. The normalized spacial score (nSPS) is 27.1. The van der Waals surface area contributed by atoms with Crippen LogP contribution in [0.1, 0.15) is 6.42 Å². The Morgan fingerprint density at radius 1 is 1.67 bits per heavy atom. The van der Waals surface area contributed by atoms with Crippen molar-refractivity contribution in [3.05, 3.63) is 22.4 Å². The van der Waals surface area contributed by atoms with Crippen LogP contribution in [0, 0.1) is 0 Å². The predicted octanol–water partition coefficient (Wildman–Crippen LogP) is 2.87. The van der Waals surface area contributed by atoms with Crippen LogP contribution in [0.4, 0.5) is 0 Å². The van der Waals surface area contributed by atoms with Crippen LogP contribution in [0.25, 0.3) is 0 Å². The van der Waals surface area contributed by atoms with Gasteiger partial charge in [0.05, 0.1) is 5.76 Å². The van der Waals surface area contributed by atoms with Crippen LogP contribution in [0.5, 0.6) is 0 Å². The molecule has 0 aromatic carbocycles. The monoisotopic (exact) mass is 252 g/mol. The Morgan fingerprint density at radius 3 is 2.78 bits per heavy atom. The zero-order valence-corrected chi connectivity index (χ0v) is 7.81. The third kappa shape index (κ3) is 2.14. The molecule has 1 atom stereocenters. The van der Waals surface area contributed by atoms with E-state index in [4.69, 9.17) is 5.11 Å². The summed E-state index contributed by atoms with van der Waals surface area (Å²) >= 11 is 6.63. The summed E-state index contributed by atoms with van der Waals surface area (Å²) in [5.74, 6) is 0.422. The average Bonchev–Trinajstić information content (AvgIpc) is 1.59. The second kappa shape index (κ2) is 2.88. The van der Waals surface area contributed by atoms with Gasteiger partial charge in [-0.1, -0.05) is 37.9 Å². The maximum atomic E-state index is 9.01. The molecule has 0 radical (unpaired) electrons. The summed E-state index contributed by atoms with van der Waals surface area (Å²) in [6, 6.07) is 0. The molecule has 0 amide bonds. The fourth-order valence-electron chi connectivity index (χ4n) is 0.698. The summed E-state index contributed by atoms with van der Waals surface area (Å²) in [6.07, 6.45) is 4.40. The van der Waals surface area contributed by atoms with E-state index >= 15 is 0 Å². The van der Waals surface area contributed by atoms with Crippen molar-refractivity contribution in [2.75, 3.05) is 0 Å². The first kappa shape index (κ1) is 7.35. The summed E-state index contributed by atoms with van der Waals surface area (Å²) in [6.45, 7) is 0. The van der Waals surface area contributed by atoms with Gasteiger partial charge in [0.25, 0.3) is 0 Å². The highest BCUT2D eigenvalue weighted by Crippen LogP contribution is 2.24. The van der Waals surface area contributed by atoms with Crippen molar-refractivity contribution in [2.45, 2.75) is 11.2 Å². The van der Waals surface area contributed by atoms with E-state index in [-0.39, 0.29) is 4.83 Å². The van der Waals surface area contributed by atoms with Gasteiger partial charge in [-0.25, -0.2) is 0 Å². The van der Waals surface area contributed by atoms with Crippen molar-refractivity contribution in [1.82, 2.24) is 0 Å². The highest BCUT2D eigenvalue weighted by Gasteiger charge is 2.09. The van der Waals surface area contributed by atoms with E-state index in [9.17, 15) is 0 Å². The molecule has 0 bridgehead atoms. The lowest BCUT2D eigenvalue weighted by molar-refractivity contribution is 0.389. The van der Waals surface area contributed by atoms with E-state index in [0.717, 1.165) is 4.48 Å². The zero-order valence-electron chi connectivity index (χ0n) is 4.64. The van der Waals surface area contributed by atoms with Gasteiger partial charge in [0, 0.05) is 15.7 Å². The molecule has 9 heavy (non-hydrogen) atoms. The molecular formula is C6H6Br2O. The Labute approximate surface area is 70.7 Å². The average molecular weight is 254 g/mol. The first-order chi connectivity index (χ1) is 4.18. The number of aliphatic hydroxyl groups is 1. The first-order valence-electron chi connectivity index (χ1n) is 2.59. The number of rotatable bonds is 0. The lowest BCUT2D eigenvalue weighted by Crippen LogP contribution is -2.00. The van der Waals surface area contributed by atoms with Crippen LogP contribution in [0.15, 0.2) is 22.4 Å². The zero-order chi connectivity index (χ0) is 6.85. The third-order valence-corrected chi connectivity index (χ3v) is 2.13. The van der Waals surface area contributed by atoms with Crippen molar-refractivity contribution >= 4 is 31.9 Å². The van der Waals surface area contributed by atoms with Crippen LogP contribution >= 0.6 is 31.9 Å². The van der Waals surface area contributed by atoms with Crippen molar-refractivity contribution in [3.63, 3.8) is 0 Å². The van der Waals surface area contributed by atoms with E-state index in [1.807, 2.05) is 6.08 Å². The number of aliphatic hydroxyl groups excluding tert-OH is 1. The fraction of sp³-hybridized carbons (Fsp3) is 0.333. The molecule has 0 aromatic rings. The number of alkyl halides is 1. The molecule has 1 aliphatic rings. The summed E-state index contributed by atoms with van der Waals surface area (Å²) in [5, 5.41) is 9.01. The molecule has 3 heteroatoms. The van der Waals surface area contributed by atoms with E-state index in [1.165, 1.54) is 0 Å². The maximum Gasteiger partial charge on any atom is 0.0948 e. The Kier molecular flexibility index (Phi) is 2.35. The van der Waals surface area contributed by atoms with Crippen molar-refractivity contribution in [1.29, 1.82) is 0 Å². The van der Waals surface area contributed by atoms with Crippen LogP contribution in [-0.2, 0) is 0 Å². The van der Waals surface area contributed by atoms with Crippen LogP contribution < -0.4 is 0 Å². The number of hydrogen-bond acceptors (Lipinski definition) is 1. The molecule has 1 nitrogen and oxygen atoms in total. The minimum absolute atomic E-state index is 0.275. The smallest absolute Gasteiger partial charge is 0.0948 e. The van der Waals surface area contributed by atoms with Crippen LogP contribution in [-0.4, -0.2) is 9.93 Å². The Morgan fingerprint density at radius 2 is 2.33 bits per heavy atom. The van der Waals surface area contributed by atoms with Gasteiger partial charge in [-0.15, -0.1) is 0 Å². The largest absolute Gasteiger partial charge is 0.512 e. The van der Waals surface area contributed by atoms with Gasteiger partial charge in [-0.05, 0) is 6.08 Å². The van der Waals surface area contributed by atoms with Crippen molar-refractivity contribution < 1.29 is 5.11 Å². The number of hydrogen-bond donors (Lipinski definition) is 1. The lowest BCUT2D eigenvalue weighted by Gasteiger charge is -2.09. The predicted molar refractivity (Wildman–Crippen MR) is 45.1 cm³/mol. The molecule has 0 spiro atoms. The van der Waals surface area contributed by atoms with E-state index in [0.29, 0.717) is 12.2 Å². The summed E-state index contributed by atoms with van der Waals surface area (Å²) in [5.41, 5.74) is 0. The van der Waals surface area contributed by atoms with E-state index in [1.54, 1.807) is 6.08 Å². The quantitative estimate of drug-likeness (QED) is 0.659. The van der Waals surface area contributed by atoms with Gasteiger partial charge in [-0.3, -0.25) is 0 Å². The topological polar surface area (TPSA) is 20.2 Å².